The van der Waals surface area contributed by atoms with Gasteiger partial charge in [0.05, 0.1) is 26.3 Å². The van der Waals surface area contributed by atoms with Crippen LogP contribution in [0.25, 0.3) is 0 Å². The van der Waals surface area contributed by atoms with Crippen LogP contribution < -0.4 is 5.32 Å². The molecule has 0 spiro atoms. The van der Waals surface area contributed by atoms with Crippen molar-refractivity contribution in [2.45, 2.75) is 25.4 Å². The Morgan fingerprint density at radius 2 is 2.04 bits per heavy atom. The van der Waals surface area contributed by atoms with Crippen LogP contribution in [0.2, 0.25) is 0 Å². The van der Waals surface area contributed by atoms with Gasteiger partial charge >= 0.3 is 11.9 Å². The highest BCUT2D eigenvalue weighted by Gasteiger charge is 2.26. The molecule has 148 valence electrons. The predicted octanol–water partition coefficient (Wildman–Crippen LogP) is 0.569. The van der Waals surface area contributed by atoms with Crippen molar-refractivity contribution in [2.24, 2.45) is 0 Å². The number of hydrogen-bond donors (Lipinski definition) is 1. The van der Waals surface area contributed by atoms with E-state index in [9.17, 15) is 9.59 Å². The van der Waals surface area contributed by atoms with Gasteiger partial charge in [-0.15, -0.1) is 0 Å². The third-order valence-electron chi connectivity index (χ3n) is 4.37. The van der Waals surface area contributed by atoms with Crippen LogP contribution in [0, 0.1) is 0 Å². The summed E-state index contributed by atoms with van der Waals surface area (Å²) in [5.41, 5.74) is 1.04. The van der Waals surface area contributed by atoms with Crippen LogP contribution in [0.1, 0.15) is 18.5 Å². The van der Waals surface area contributed by atoms with E-state index in [-0.39, 0.29) is 6.42 Å². The van der Waals surface area contributed by atoms with E-state index in [0.717, 1.165) is 44.8 Å². The first-order valence-corrected chi connectivity index (χ1v) is 9.26. The van der Waals surface area contributed by atoms with E-state index >= 15 is 0 Å². The fraction of sp³-hybridized carbons (Fsp3) is 0.556. The molecule has 9 heteroatoms. The molecule has 0 radical (unpaired) electrons. The zero-order valence-electron chi connectivity index (χ0n) is 15.7. The van der Waals surface area contributed by atoms with E-state index in [1.807, 2.05) is 23.1 Å². The van der Waals surface area contributed by atoms with Crippen molar-refractivity contribution < 1.29 is 19.1 Å². The van der Waals surface area contributed by atoms with Gasteiger partial charge in [0.25, 0.3) is 0 Å². The number of esters is 2. The van der Waals surface area contributed by atoms with Crippen molar-refractivity contribution in [1.29, 1.82) is 0 Å². The lowest BCUT2D eigenvalue weighted by molar-refractivity contribution is -0.149. The molecule has 1 fully saturated rings. The van der Waals surface area contributed by atoms with Crippen LogP contribution in [-0.2, 0) is 25.6 Å². The van der Waals surface area contributed by atoms with E-state index in [1.165, 1.54) is 14.2 Å². The van der Waals surface area contributed by atoms with E-state index < -0.39 is 18.0 Å². The van der Waals surface area contributed by atoms with Gasteiger partial charge < -0.3 is 19.7 Å². The van der Waals surface area contributed by atoms with Crippen LogP contribution >= 0.6 is 12.2 Å². The Labute approximate surface area is 164 Å². The topological polar surface area (TPSA) is 84.0 Å². The molecule has 1 N–H and O–H groups in total. The average molecular weight is 394 g/mol. The van der Waals surface area contributed by atoms with Gasteiger partial charge in [0.1, 0.15) is 6.04 Å². The van der Waals surface area contributed by atoms with E-state index in [0.29, 0.717) is 5.11 Å². The first-order chi connectivity index (χ1) is 13.0. The molecule has 1 atom stereocenters. The van der Waals surface area contributed by atoms with Crippen molar-refractivity contribution >= 4 is 29.3 Å². The molecule has 0 amide bonds. The van der Waals surface area contributed by atoms with Crippen LogP contribution in [0.15, 0.2) is 24.4 Å². The summed E-state index contributed by atoms with van der Waals surface area (Å²) in [6.07, 6.45) is 2.60. The van der Waals surface area contributed by atoms with Crippen LogP contribution in [0.4, 0.5) is 0 Å². The number of thiocarbonyl (C=S) groups is 1. The quantitative estimate of drug-likeness (QED) is 0.550. The number of hydrogen-bond acceptors (Lipinski definition) is 7. The van der Waals surface area contributed by atoms with Crippen molar-refractivity contribution in [3.8, 4) is 0 Å². The minimum absolute atomic E-state index is 0.136. The van der Waals surface area contributed by atoms with Gasteiger partial charge in [-0.3, -0.25) is 14.7 Å². The standard InChI is InChI=1S/C18H26N4O4S/c1-25-16(23)12-15(17(24)26-2)20-18(27)22-9-5-8-21(10-11-22)13-14-6-3-4-7-19-14/h3-4,6-7,15H,5,8-13H2,1-2H3,(H,20,27). The fourth-order valence-electron chi connectivity index (χ4n) is 2.88. The normalized spacial score (nSPS) is 16.1. The molecule has 1 aromatic heterocycles. The van der Waals surface area contributed by atoms with Gasteiger partial charge in [-0.1, -0.05) is 6.07 Å². The molecule has 2 heterocycles. The zero-order valence-corrected chi connectivity index (χ0v) is 16.5. The Morgan fingerprint density at radius 1 is 1.22 bits per heavy atom. The number of nitrogens with one attached hydrogen (secondary N) is 1. The number of pyridine rings is 1. The summed E-state index contributed by atoms with van der Waals surface area (Å²) < 4.78 is 9.39. The fourth-order valence-corrected chi connectivity index (χ4v) is 3.20. The number of nitrogens with zero attached hydrogens (tertiary/aromatic N) is 3. The van der Waals surface area contributed by atoms with Crippen molar-refractivity contribution in [1.82, 2.24) is 20.1 Å². The smallest absolute Gasteiger partial charge is 0.328 e. The Balaban J connectivity index is 1.90. The van der Waals surface area contributed by atoms with Gasteiger partial charge in [0, 0.05) is 38.9 Å². The molecule has 0 bridgehead atoms. The SMILES string of the molecule is COC(=O)CC(NC(=S)N1CCCN(Cc2ccccn2)CC1)C(=O)OC. The van der Waals surface area contributed by atoms with Gasteiger partial charge in [-0.05, 0) is 30.8 Å². The average Bonchev–Trinajstić information content (AvgIpc) is 2.93. The van der Waals surface area contributed by atoms with Crippen LogP contribution in [0.5, 0.6) is 0 Å². The number of methoxy groups -OCH3 is 2. The van der Waals surface area contributed by atoms with E-state index in [4.69, 9.17) is 17.0 Å². The minimum atomic E-state index is -0.858. The molecule has 1 unspecified atom stereocenters. The monoisotopic (exact) mass is 394 g/mol. The van der Waals surface area contributed by atoms with Crippen LogP contribution in [-0.4, -0.2) is 78.3 Å². The molecule has 0 saturated carbocycles. The lowest BCUT2D eigenvalue weighted by atomic mass is 10.2. The third kappa shape index (κ3) is 6.76. The molecule has 1 aliphatic heterocycles. The second-order valence-corrected chi connectivity index (χ2v) is 6.63. The van der Waals surface area contributed by atoms with E-state index in [1.54, 1.807) is 6.20 Å². The van der Waals surface area contributed by atoms with Gasteiger partial charge in [0.15, 0.2) is 5.11 Å². The number of rotatable bonds is 6. The summed E-state index contributed by atoms with van der Waals surface area (Å²) >= 11 is 5.46. The molecule has 1 aliphatic rings. The molecule has 1 aromatic rings. The van der Waals surface area contributed by atoms with E-state index in [2.05, 4.69) is 19.9 Å². The highest BCUT2D eigenvalue weighted by atomic mass is 32.1. The zero-order chi connectivity index (χ0) is 19.6. The largest absolute Gasteiger partial charge is 0.469 e. The molecular formula is C18H26N4O4S. The number of aromatic nitrogens is 1. The Hall–Kier alpha value is -2.26. The van der Waals surface area contributed by atoms with Crippen molar-refractivity contribution in [3.05, 3.63) is 30.1 Å². The molecule has 1 saturated heterocycles. The Morgan fingerprint density at radius 3 is 2.70 bits per heavy atom. The molecule has 2 rings (SSSR count). The van der Waals surface area contributed by atoms with Crippen molar-refractivity contribution in [2.75, 3.05) is 40.4 Å². The van der Waals surface area contributed by atoms with Crippen molar-refractivity contribution in [3.63, 3.8) is 0 Å². The Kier molecular flexibility index (Phi) is 8.41. The van der Waals surface area contributed by atoms with Gasteiger partial charge in [-0.2, -0.15) is 0 Å². The third-order valence-corrected chi connectivity index (χ3v) is 4.75. The summed E-state index contributed by atoms with van der Waals surface area (Å²) in [7, 11) is 2.55. The second kappa shape index (κ2) is 10.8. The predicted molar refractivity (Wildman–Crippen MR) is 104 cm³/mol. The first kappa shape index (κ1) is 21.0. The number of carbonyl (C=O) groups excluding carboxylic acids is 2. The molecular weight excluding hydrogens is 368 g/mol. The molecule has 8 nitrogen and oxygen atoms in total. The first-order valence-electron chi connectivity index (χ1n) is 8.86. The summed E-state index contributed by atoms with van der Waals surface area (Å²) in [4.78, 5) is 32.2. The summed E-state index contributed by atoms with van der Waals surface area (Å²) in [5.74, 6) is -1.05. The highest BCUT2D eigenvalue weighted by molar-refractivity contribution is 7.80. The number of carbonyl (C=O) groups is 2. The second-order valence-electron chi connectivity index (χ2n) is 6.24. The lowest BCUT2D eigenvalue weighted by Gasteiger charge is -2.27. The molecule has 0 aliphatic carbocycles. The molecule has 27 heavy (non-hydrogen) atoms. The Bertz CT molecular complexity index is 644. The molecule has 0 aromatic carbocycles. The summed E-state index contributed by atoms with van der Waals surface area (Å²) in [6.45, 7) is 4.07. The maximum absolute atomic E-state index is 11.9. The van der Waals surface area contributed by atoms with Gasteiger partial charge in [0.2, 0.25) is 0 Å². The maximum atomic E-state index is 11.9. The summed E-state index contributed by atoms with van der Waals surface area (Å²) in [6, 6.07) is 5.05. The minimum Gasteiger partial charge on any atom is -0.469 e. The van der Waals surface area contributed by atoms with Crippen LogP contribution in [0.3, 0.4) is 0 Å². The highest BCUT2D eigenvalue weighted by Crippen LogP contribution is 2.08. The maximum Gasteiger partial charge on any atom is 0.328 e. The van der Waals surface area contributed by atoms with Gasteiger partial charge in [-0.25, -0.2) is 4.79 Å². The summed E-state index contributed by atoms with van der Waals surface area (Å²) in [5, 5.41) is 3.38. The number of ether oxygens (including phenoxy) is 2. The lowest BCUT2D eigenvalue weighted by Crippen LogP contribution is -2.49.